The van der Waals surface area contributed by atoms with Gasteiger partial charge in [0.1, 0.15) is 13.2 Å². The minimum atomic E-state index is -0.0938. The Morgan fingerprint density at radius 2 is 1.87 bits per heavy atom. The normalized spacial score (nSPS) is 16.5. The molecule has 9 heteroatoms. The van der Waals surface area contributed by atoms with Crippen molar-refractivity contribution in [2.45, 2.75) is 0 Å². The van der Waals surface area contributed by atoms with Crippen LogP contribution in [0.25, 0.3) is 10.2 Å². The molecule has 1 amide bonds. The average molecular weight is 459 g/mol. The zero-order chi connectivity index (χ0) is 21.2. The summed E-state index contributed by atoms with van der Waals surface area (Å²) in [6.45, 7) is 6.20. The van der Waals surface area contributed by atoms with Gasteiger partial charge in [0.05, 0.1) is 10.2 Å². The number of ether oxygens (including phenoxy) is 2. The number of hydrogen-bond donors (Lipinski definition) is 1. The van der Waals surface area contributed by atoms with E-state index in [-0.39, 0.29) is 5.91 Å². The molecule has 3 aromatic rings. The molecular weight excluding hydrogens is 436 g/mol. The number of benzene rings is 2. The van der Waals surface area contributed by atoms with Crippen LogP contribution >= 0.6 is 22.9 Å². The highest BCUT2D eigenvalue weighted by Gasteiger charge is 2.20. The number of carbonyl (C=O) groups excluding carboxylic acids is 1. The first-order valence-corrected chi connectivity index (χ1v) is 11.6. The highest BCUT2D eigenvalue weighted by atomic mass is 35.5. The Morgan fingerprint density at radius 3 is 2.71 bits per heavy atom. The highest BCUT2D eigenvalue weighted by Crippen LogP contribution is 2.32. The molecule has 3 heterocycles. The third-order valence-electron chi connectivity index (χ3n) is 5.50. The molecule has 5 rings (SSSR count). The number of halogens is 1. The average Bonchev–Trinajstić information content (AvgIpc) is 3.22. The van der Waals surface area contributed by atoms with Crippen LogP contribution in [-0.4, -0.2) is 68.3 Å². The van der Waals surface area contributed by atoms with Gasteiger partial charge in [-0.3, -0.25) is 9.69 Å². The lowest BCUT2D eigenvalue weighted by Gasteiger charge is -2.34. The topological polar surface area (TPSA) is 66.9 Å². The molecule has 0 spiro atoms. The summed E-state index contributed by atoms with van der Waals surface area (Å²) < 4.78 is 12.2. The third kappa shape index (κ3) is 4.56. The number of hydrogen-bond acceptors (Lipinski definition) is 7. The number of nitrogens with zero attached hydrogens (tertiary/aromatic N) is 3. The van der Waals surface area contributed by atoms with E-state index >= 15 is 0 Å². The standard InChI is InChI=1S/C22H23ClN4O3S/c23-16-2-3-17-20(14-16)31-22(25-17)27-9-7-26(8-10-27)6-5-24-21(28)15-1-4-18-19(13-15)30-12-11-29-18/h1-4,13-14H,5-12H2,(H,24,28). The van der Waals surface area contributed by atoms with Crippen molar-refractivity contribution in [2.75, 3.05) is 57.4 Å². The van der Waals surface area contributed by atoms with Gasteiger partial charge in [0, 0.05) is 49.9 Å². The number of anilines is 1. The fraction of sp³-hybridized carbons (Fsp3) is 0.364. The zero-order valence-electron chi connectivity index (χ0n) is 17.0. The monoisotopic (exact) mass is 458 g/mol. The molecule has 1 saturated heterocycles. The molecule has 0 atom stereocenters. The van der Waals surface area contributed by atoms with Crippen molar-refractivity contribution in [1.29, 1.82) is 0 Å². The third-order valence-corrected chi connectivity index (χ3v) is 6.81. The summed E-state index contributed by atoms with van der Waals surface area (Å²) in [4.78, 5) is 21.9. The van der Waals surface area contributed by atoms with Crippen molar-refractivity contribution < 1.29 is 14.3 Å². The Kier molecular flexibility index (Phi) is 5.85. The molecule has 7 nitrogen and oxygen atoms in total. The maximum Gasteiger partial charge on any atom is 0.251 e. The minimum Gasteiger partial charge on any atom is -0.486 e. The van der Waals surface area contributed by atoms with Gasteiger partial charge in [-0.1, -0.05) is 22.9 Å². The van der Waals surface area contributed by atoms with E-state index in [4.69, 9.17) is 26.1 Å². The molecule has 2 aliphatic heterocycles. The quantitative estimate of drug-likeness (QED) is 0.633. The molecule has 0 bridgehead atoms. The first-order chi connectivity index (χ1) is 15.2. The number of thiazole rings is 1. The molecular formula is C22H23ClN4O3S. The predicted molar refractivity (Wildman–Crippen MR) is 123 cm³/mol. The van der Waals surface area contributed by atoms with Crippen molar-refractivity contribution >= 4 is 44.2 Å². The van der Waals surface area contributed by atoms with Gasteiger partial charge in [0.25, 0.3) is 5.91 Å². The molecule has 1 aromatic heterocycles. The van der Waals surface area contributed by atoms with Crippen molar-refractivity contribution in [3.8, 4) is 11.5 Å². The van der Waals surface area contributed by atoms with Gasteiger partial charge in [-0.2, -0.15) is 0 Å². The van der Waals surface area contributed by atoms with Crippen LogP contribution in [0.2, 0.25) is 5.02 Å². The summed E-state index contributed by atoms with van der Waals surface area (Å²) in [6, 6.07) is 11.1. The summed E-state index contributed by atoms with van der Waals surface area (Å²) in [7, 11) is 0. The molecule has 31 heavy (non-hydrogen) atoms. The Morgan fingerprint density at radius 1 is 1.06 bits per heavy atom. The fourth-order valence-corrected chi connectivity index (χ4v) is 5.09. The van der Waals surface area contributed by atoms with Crippen LogP contribution in [0.3, 0.4) is 0 Å². The Hall–Kier alpha value is -2.55. The lowest BCUT2D eigenvalue weighted by molar-refractivity contribution is 0.0946. The van der Waals surface area contributed by atoms with E-state index in [1.54, 1.807) is 29.5 Å². The second kappa shape index (κ2) is 8.90. The maximum absolute atomic E-state index is 12.5. The van der Waals surface area contributed by atoms with Crippen molar-refractivity contribution in [2.24, 2.45) is 0 Å². The van der Waals surface area contributed by atoms with Gasteiger partial charge in [-0.15, -0.1) is 0 Å². The molecule has 0 radical (unpaired) electrons. The van der Waals surface area contributed by atoms with E-state index in [0.29, 0.717) is 36.8 Å². The number of aromatic nitrogens is 1. The number of nitrogens with one attached hydrogen (secondary N) is 1. The van der Waals surface area contributed by atoms with E-state index in [2.05, 4.69) is 15.1 Å². The van der Waals surface area contributed by atoms with Gasteiger partial charge in [0.2, 0.25) is 0 Å². The molecule has 1 N–H and O–H groups in total. The number of piperazine rings is 1. The summed E-state index contributed by atoms with van der Waals surface area (Å²) in [6.07, 6.45) is 0. The Bertz CT molecular complexity index is 1100. The second-order valence-electron chi connectivity index (χ2n) is 7.55. The van der Waals surface area contributed by atoms with E-state index < -0.39 is 0 Å². The van der Waals surface area contributed by atoms with Gasteiger partial charge < -0.3 is 19.7 Å². The summed E-state index contributed by atoms with van der Waals surface area (Å²) in [5.41, 5.74) is 1.58. The van der Waals surface area contributed by atoms with Gasteiger partial charge in [-0.25, -0.2) is 4.98 Å². The van der Waals surface area contributed by atoms with Crippen LogP contribution in [-0.2, 0) is 0 Å². The molecule has 2 aliphatic rings. The van der Waals surface area contributed by atoms with Crippen LogP contribution < -0.4 is 19.7 Å². The van der Waals surface area contributed by atoms with E-state index in [9.17, 15) is 4.79 Å². The van der Waals surface area contributed by atoms with Crippen molar-refractivity contribution in [3.63, 3.8) is 0 Å². The molecule has 0 saturated carbocycles. The zero-order valence-corrected chi connectivity index (χ0v) is 18.5. The SMILES string of the molecule is O=C(NCCN1CCN(c2nc3ccc(Cl)cc3s2)CC1)c1ccc2c(c1)OCCO2. The molecule has 0 aliphatic carbocycles. The first kappa shape index (κ1) is 20.4. The summed E-state index contributed by atoms with van der Waals surface area (Å²) in [5.74, 6) is 1.23. The van der Waals surface area contributed by atoms with Crippen molar-refractivity contribution in [1.82, 2.24) is 15.2 Å². The lowest BCUT2D eigenvalue weighted by atomic mass is 10.2. The van der Waals surface area contributed by atoms with Crippen LogP contribution in [0.15, 0.2) is 36.4 Å². The predicted octanol–water partition coefficient (Wildman–Crippen LogP) is 3.27. The second-order valence-corrected chi connectivity index (χ2v) is 9.00. The first-order valence-electron chi connectivity index (χ1n) is 10.4. The maximum atomic E-state index is 12.5. The summed E-state index contributed by atoms with van der Waals surface area (Å²) in [5, 5.41) is 4.79. The highest BCUT2D eigenvalue weighted by molar-refractivity contribution is 7.22. The Balaban J connectivity index is 1.10. The van der Waals surface area contributed by atoms with Gasteiger partial charge in [-0.05, 0) is 36.4 Å². The molecule has 0 unspecified atom stereocenters. The molecule has 2 aromatic carbocycles. The fourth-order valence-electron chi connectivity index (χ4n) is 3.80. The van der Waals surface area contributed by atoms with Crippen LogP contribution in [0, 0.1) is 0 Å². The van der Waals surface area contributed by atoms with Crippen LogP contribution in [0.5, 0.6) is 11.5 Å². The molecule has 162 valence electrons. The van der Waals surface area contributed by atoms with Crippen LogP contribution in [0.4, 0.5) is 5.13 Å². The lowest BCUT2D eigenvalue weighted by Crippen LogP contribution is -2.48. The largest absolute Gasteiger partial charge is 0.486 e. The van der Waals surface area contributed by atoms with E-state index in [1.165, 1.54) is 0 Å². The van der Waals surface area contributed by atoms with Crippen molar-refractivity contribution in [3.05, 3.63) is 47.0 Å². The van der Waals surface area contributed by atoms with Gasteiger partial charge in [0.15, 0.2) is 16.6 Å². The minimum absolute atomic E-state index is 0.0938. The Labute approximate surface area is 189 Å². The number of rotatable bonds is 5. The van der Waals surface area contributed by atoms with E-state index in [0.717, 1.165) is 53.1 Å². The molecule has 1 fully saturated rings. The van der Waals surface area contributed by atoms with E-state index in [1.807, 2.05) is 18.2 Å². The smallest absolute Gasteiger partial charge is 0.251 e. The number of fused-ring (bicyclic) bond motifs is 2. The number of carbonyl (C=O) groups is 1. The number of amides is 1. The summed E-state index contributed by atoms with van der Waals surface area (Å²) >= 11 is 7.77. The van der Waals surface area contributed by atoms with Gasteiger partial charge >= 0.3 is 0 Å². The van der Waals surface area contributed by atoms with Crippen LogP contribution in [0.1, 0.15) is 10.4 Å².